The summed E-state index contributed by atoms with van der Waals surface area (Å²) < 4.78 is 12.1. The fourth-order valence-corrected chi connectivity index (χ4v) is 2.57. The summed E-state index contributed by atoms with van der Waals surface area (Å²) in [4.78, 5) is 1.03. The number of rotatable bonds is 1. The maximum Gasteiger partial charge on any atom is 0.0923 e. The van der Waals surface area contributed by atoms with Gasteiger partial charge >= 0.3 is 0 Å². The van der Waals surface area contributed by atoms with Crippen molar-refractivity contribution < 1.29 is 4.39 Å². The van der Waals surface area contributed by atoms with Crippen LogP contribution in [0.1, 0.15) is 19.3 Å². The van der Waals surface area contributed by atoms with E-state index in [9.17, 15) is 4.39 Å². The molecule has 0 aliphatic heterocycles. The molecule has 0 spiro atoms. The zero-order chi connectivity index (χ0) is 7.56. The van der Waals surface area contributed by atoms with E-state index in [1.807, 2.05) is 0 Å². The molecule has 1 saturated carbocycles. The molecule has 60 valence electrons. The molecule has 0 aromatic heterocycles. The molecule has 0 saturated heterocycles. The van der Waals surface area contributed by atoms with Gasteiger partial charge in [-0.2, -0.15) is 0 Å². The van der Waals surface area contributed by atoms with Gasteiger partial charge in [0, 0.05) is 9.65 Å². The molecule has 0 bridgehead atoms. The zero-order valence-electron chi connectivity index (χ0n) is 5.69. The second kappa shape index (κ2) is 4.05. The minimum absolute atomic E-state index is 0.151. The van der Waals surface area contributed by atoms with E-state index in [1.165, 1.54) is 0 Å². The maximum atomic E-state index is 12.1. The van der Waals surface area contributed by atoms with Crippen molar-refractivity contribution in [2.24, 2.45) is 5.92 Å². The molecule has 3 atom stereocenters. The lowest BCUT2D eigenvalue weighted by molar-refractivity contribution is 0.292. The summed E-state index contributed by atoms with van der Waals surface area (Å²) in [6, 6.07) is 0. The van der Waals surface area contributed by atoms with E-state index in [0.29, 0.717) is 15.6 Å². The van der Waals surface area contributed by atoms with Crippen LogP contribution in [0.3, 0.4) is 0 Å². The van der Waals surface area contributed by atoms with Crippen molar-refractivity contribution in [3.63, 3.8) is 0 Å². The van der Waals surface area contributed by atoms with Crippen LogP contribution in [0.25, 0.3) is 0 Å². The van der Waals surface area contributed by atoms with Crippen molar-refractivity contribution >= 4 is 31.9 Å². The van der Waals surface area contributed by atoms with Gasteiger partial charge in [0.25, 0.3) is 0 Å². The van der Waals surface area contributed by atoms with Crippen molar-refractivity contribution in [2.45, 2.75) is 28.9 Å². The van der Waals surface area contributed by atoms with Crippen LogP contribution in [0, 0.1) is 5.92 Å². The van der Waals surface area contributed by atoms with E-state index in [1.54, 1.807) is 0 Å². The lowest BCUT2D eigenvalue weighted by Gasteiger charge is -2.27. The first kappa shape index (κ1) is 8.98. The predicted molar refractivity (Wildman–Crippen MR) is 48.7 cm³/mol. The molecule has 0 aromatic carbocycles. The lowest BCUT2D eigenvalue weighted by Crippen LogP contribution is -2.25. The third-order valence-electron chi connectivity index (χ3n) is 2.02. The Balaban J connectivity index is 2.33. The van der Waals surface area contributed by atoms with Crippen molar-refractivity contribution in [1.29, 1.82) is 0 Å². The van der Waals surface area contributed by atoms with Gasteiger partial charge in [-0.05, 0) is 25.2 Å². The average molecular weight is 274 g/mol. The first-order valence-electron chi connectivity index (χ1n) is 3.58. The third-order valence-corrected chi connectivity index (χ3v) is 4.84. The highest BCUT2D eigenvalue weighted by molar-refractivity contribution is 9.12. The fraction of sp³-hybridized carbons (Fsp3) is 1.00. The van der Waals surface area contributed by atoms with Gasteiger partial charge in [0.05, 0.1) is 6.67 Å². The number of alkyl halides is 3. The number of halogens is 3. The molecule has 0 radical (unpaired) electrons. The average Bonchev–Trinajstić information content (AvgIpc) is 1.95. The monoisotopic (exact) mass is 272 g/mol. The maximum absolute atomic E-state index is 12.1. The molecule has 3 unspecified atom stereocenters. The van der Waals surface area contributed by atoms with Crippen LogP contribution in [0.15, 0.2) is 0 Å². The van der Waals surface area contributed by atoms with Crippen LogP contribution in [0.5, 0.6) is 0 Å². The standard InChI is InChI=1S/C7H11Br2F/c8-6-2-1-5(4-10)3-7(6)9/h5-7H,1-4H2. The molecular formula is C7H11Br2F. The van der Waals surface area contributed by atoms with Gasteiger partial charge in [-0.3, -0.25) is 4.39 Å². The first-order chi connectivity index (χ1) is 4.74. The Morgan fingerprint density at radius 2 is 1.90 bits per heavy atom. The van der Waals surface area contributed by atoms with Crippen molar-refractivity contribution in [1.82, 2.24) is 0 Å². The number of hydrogen-bond acceptors (Lipinski definition) is 0. The van der Waals surface area contributed by atoms with Crippen LogP contribution in [-0.4, -0.2) is 16.3 Å². The number of hydrogen-bond donors (Lipinski definition) is 0. The Morgan fingerprint density at radius 1 is 1.20 bits per heavy atom. The fourth-order valence-electron chi connectivity index (χ4n) is 1.30. The highest BCUT2D eigenvalue weighted by atomic mass is 79.9. The Kier molecular flexibility index (Phi) is 3.64. The van der Waals surface area contributed by atoms with E-state index < -0.39 is 0 Å². The minimum Gasteiger partial charge on any atom is -0.251 e. The van der Waals surface area contributed by atoms with Gasteiger partial charge in [0.15, 0.2) is 0 Å². The van der Waals surface area contributed by atoms with Gasteiger partial charge in [-0.1, -0.05) is 31.9 Å². The largest absolute Gasteiger partial charge is 0.251 e. The molecule has 10 heavy (non-hydrogen) atoms. The Hall–Kier alpha value is 0.890. The molecule has 1 rings (SSSR count). The second-order valence-corrected chi connectivity index (χ2v) is 5.22. The van der Waals surface area contributed by atoms with Crippen molar-refractivity contribution in [2.75, 3.05) is 6.67 Å². The smallest absolute Gasteiger partial charge is 0.0923 e. The van der Waals surface area contributed by atoms with Crippen LogP contribution >= 0.6 is 31.9 Å². The topological polar surface area (TPSA) is 0 Å². The minimum atomic E-state index is -0.151. The van der Waals surface area contributed by atoms with Crippen LogP contribution < -0.4 is 0 Å². The quantitative estimate of drug-likeness (QED) is 0.644. The van der Waals surface area contributed by atoms with E-state index in [4.69, 9.17) is 0 Å². The molecule has 3 heteroatoms. The molecule has 1 aliphatic carbocycles. The summed E-state index contributed by atoms with van der Waals surface area (Å²) in [6.45, 7) is -0.151. The van der Waals surface area contributed by atoms with E-state index in [-0.39, 0.29) is 6.67 Å². The van der Waals surface area contributed by atoms with E-state index in [2.05, 4.69) is 31.9 Å². The van der Waals surface area contributed by atoms with Gasteiger partial charge in [-0.15, -0.1) is 0 Å². The molecule has 0 amide bonds. The third kappa shape index (κ3) is 2.19. The Bertz CT molecular complexity index is 108. The van der Waals surface area contributed by atoms with Crippen LogP contribution in [-0.2, 0) is 0 Å². The van der Waals surface area contributed by atoms with Gasteiger partial charge in [0.1, 0.15) is 0 Å². The van der Waals surface area contributed by atoms with E-state index >= 15 is 0 Å². The zero-order valence-corrected chi connectivity index (χ0v) is 8.87. The second-order valence-electron chi connectivity index (χ2n) is 2.87. The van der Waals surface area contributed by atoms with Crippen molar-refractivity contribution in [3.8, 4) is 0 Å². The SMILES string of the molecule is FCC1CCC(Br)C(Br)C1. The highest BCUT2D eigenvalue weighted by Gasteiger charge is 2.26. The van der Waals surface area contributed by atoms with Gasteiger partial charge in [0.2, 0.25) is 0 Å². The molecule has 0 heterocycles. The highest BCUT2D eigenvalue weighted by Crippen LogP contribution is 2.33. The summed E-state index contributed by atoms with van der Waals surface area (Å²) in [7, 11) is 0. The predicted octanol–water partition coefficient (Wildman–Crippen LogP) is 3.28. The Labute approximate surface area is 77.8 Å². The summed E-state index contributed by atoms with van der Waals surface area (Å²) >= 11 is 7.06. The van der Waals surface area contributed by atoms with Crippen molar-refractivity contribution in [3.05, 3.63) is 0 Å². The Morgan fingerprint density at radius 3 is 2.40 bits per heavy atom. The molecular weight excluding hydrogens is 263 g/mol. The molecule has 0 N–H and O–H groups in total. The van der Waals surface area contributed by atoms with E-state index in [0.717, 1.165) is 19.3 Å². The van der Waals surface area contributed by atoms with Crippen LogP contribution in [0.4, 0.5) is 4.39 Å². The van der Waals surface area contributed by atoms with Gasteiger partial charge in [-0.25, -0.2) is 0 Å². The van der Waals surface area contributed by atoms with Gasteiger partial charge < -0.3 is 0 Å². The lowest BCUT2D eigenvalue weighted by atomic mass is 9.90. The summed E-state index contributed by atoms with van der Waals surface area (Å²) in [5.41, 5.74) is 0. The summed E-state index contributed by atoms with van der Waals surface area (Å²) in [5, 5.41) is 0. The summed E-state index contributed by atoms with van der Waals surface area (Å²) in [6.07, 6.45) is 3.12. The molecule has 1 aliphatic rings. The molecule has 1 fully saturated rings. The normalized spacial score (nSPS) is 41.7. The molecule has 0 aromatic rings. The summed E-state index contributed by atoms with van der Waals surface area (Å²) in [5.74, 6) is 0.304. The van der Waals surface area contributed by atoms with Crippen LogP contribution in [0.2, 0.25) is 0 Å². The molecule has 0 nitrogen and oxygen atoms in total. The first-order valence-corrected chi connectivity index (χ1v) is 5.41.